The third kappa shape index (κ3) is 4.97. The molecule has 3 heterocycles. The molecule has 0 aliphatic carbocycles. The van der Waals surface area contributed by atoms with E-state index in [1.54, 1.807) is 6.07 Å². The minimum Gasteiger partial charge on any atom is -0.488 e. The number of nitrogens with two attached hydrogens (primary N) is 1. The summed E-state index contributed by atoms with van der Waals surface area (Å²) in [5.41, 5.74) is 6.45. The Morgan fingerprint density at radius 1 is 1.13 bits per heavy atom. The van der Waals surface area contributed by atoms with Crippen LogP contribution >= 0.6 is 0 Å². The minimum absolute atomic E-state index is 0.0112. The highest BCUT2D eigenvalue weighted by molar-refractivity contribution is 7.89. The number of benzene rings is 2. The first-order chi connectivity index (χ1) is 18.0. The second kappa shape index (κ2) is 9.78. The van der Waals surface area contributed by atoms with E-state index in [1.807, 2.05) is 7.05 Å². The van der Waals surface area contributed by atoms with Gasteiger partial charge in [-0.2, -0.15) is 9.40 Å². The Labute approximate surface area is 216 Å². The highest BCUT2D eigenvalue weighted by Crippen LogP contribution is 2.29. The van der Waals surface area contributed by atoms with Crippen LogP contribution in [0, 0.1) is 11.6 Å². The molecule has 4 N–H and O–H groups in total. The van der Waals surface area contributed by atoms with Gasteiger partial charge < -0.3 is 15.8 Å². The van der Waals surface area contributed by atoms with Crippen LogP contribution in [-0.2, 0) is 23.0 Å². The standard InChI is InChI=1S/C24H24F2N6O5S/c1-31-10-16(11-31)37-15-2-3-18(19(9-15)22(27)33)24(34)28-23-20-12-32(5-4-21(20)29-30-23)38(35,36)17-7-13(25)6-14(26)8-17/h2-3,6-9,16H,4-5,10-12H2,1H3,(H2,27,33)(H2,28,29,30,34). The first kappa shape index (κ1) is 25.8. The number of carbonyl (C=O) groups is 2. The number of fused-ring (bicyclic) bond motifs is 1. The molecule has 2 aliphatic rings. The van der Waals surface area contributed by atoms with E-state index in [0.29, 0.717) is 23.1 Å². The highest BCUT2D eigenvalue weighted by atomic mass is 32.2. The van der Waals surface area contributed by atoms with Crippen LogP contribution in [0.15, 0.2) is 41.3 Å². The molecule has 11 nitrogen and oxygen atoms in total. The second-order valence-corrected chi connectivity index (χ2v) is 11.1. The van der Waals surface area contributed by atoms with Gasteiger partial charge in [-0.05, 0) is 37.4 Å². The number of primary amides is 1. The van der Waals surface area contributed by atoms with Crippen LogP contribution < -0.4 is 15.8 Å². The van der Waals surface area contributed by atoms with Crippen LogP contribution in [0.5, 0.6) is 5.75 Å². The summed E-state index contributed by atoms with van der Waals surface area (Å²) < 4.78 is 60.3. The van der Waals surface area contributed by atoms with E-state index in [2.05, 4.69) is 20.4 Å². The van der Waals surface area contributed by atoms with Crippen LogP contribution in [-0.4, -0.2) is 72.4 Å². The van der Waals surface area contributed by atoms with Crippen molar-refractivity contribution in [1.29, 1.82) is 0 Å². The Morgan fingerprint density at radius 2 is 1.84 bits per heavy atom. The van der Waals surface area contributed by atoms with Crippen molar-refractivity contribution in [2.24, 2.45) is 5.73 Å². The molecule has 2 aromatic carbocycles. The molecule has 1 saturated heterocycles. The van der Waals surface area contributed by atoms with E-state index >= 15 is 0 Å². The van der Waals surface area contributed by atoms with Gasteiger partial charge in [0.15, 0.2) is 5.82 Å². The fourth-order valence-electron chi connectivity index (χ4n) is 4.49. The largest absolute Gasteiger partial charge is 0.488 e. The Hall–Kier alpha value is -3.88. The van der Waals surface area contributed by atoms with E-state index in [-0.39, 0.29) is 42.6 Å². The van der Waals surface area contributed by atoms with Crippen LogP contribution in [0.4, 0.5) is 14.6 Å². The predicted octanol–water partition coefficient (Wildman–Crippen LogP) is 1.48. The predicted molar refractivity (Wildman–Crippen MR) is 131 cm³/mol. The number of rotatable bonds is 7. The molecule has 0 spiro atoms. The molecule has 14 heteroatoms. The zero-order valence-electron chi connectivity index (χ0n) is 20.2. The molecule has 3 aromatic rings. The molecule has 5 rings (SSSR count). The van der Waals surface area contributed by atoms with Gasteiger partial charge in [0, 0.05) is 49.9 Å². The van der Waals surface area contributed by atoms with E-state index in [9.17, 15) is 26.8 Å². The van der Waals surface area contributed by atoms with Gasteiger partial charge in [-0.1, -0.05) is 0 Å². The SMILES string of the molecule is CN1CC(Oc2ccc(C(=O)Nc3n[nH]c4c3CN(S(=O)(=O)c3cc(F)cc(F)c3)CC4)c(C(N)=O)c2)C1. The lowest BCUT2D eigenvalue weighted by molar-refractivity contribution is 0.0387. The van der Waals surface area contributed by atoms with Gasteiger partial charge in [0.05, 0.1) is 16.0 Å². The number of nitrogens with one attached hydrogen (secondary N) is 2. The van der Waals surface area contributed by atoms with Gasteiger partial charge in [0.25, 0.3) is 5.91 Å². The lowest BCUT2D eigenvalue weighted by Gasteiger charge is -2.36. The van der Waals surface area contributed by atoms with Crippen molar-refractivity contribution in [2.45, 2.75) is 24.0 Å². The number of H-pyrrole nitrogens is 1. The number of nitrogens with zero attached hydrogens (tertiary/aromatic N) is 3. The summed E-state index contributed by atoms with van der Waals surface area (Å²) in [6, 6.07) is 6.46. The van der Waals surface area contributed by atoms with Crippen molar-refractivity contribution in [1.82, 2.24) is 19.4 Å². The number of halogens is 2. The summed E-state index contributed by atoms with van der Waals surface area (Å²) in [4.78, 5) is 26.8. The number of aromatic amines is 1. The van der Waals surface area contributed by atoms with Crippen molar-refractivity contribution in [3.05, 3.63) is 70.4 Å². The molecular formula is C24H24F2N6O5S. The molecule has 1 aromatic heterocycles. The average molecular weight is 547 g/mol. The van der Waals surface area contributed by atoms with Crippen molar-refractivity contribution >= 4 is 27.7 Å². The zero-order chi connectivity index (χ0) is 27.2. The molecule has 1 fully saturated rings. The van der Waals surface area contributed by atoms with Gasteiger partial charge in [-0.3, -0.25) is 19.6 Å². The number of hydrogen-bond acceptors (Lipinski definition) is 7. The summed E-state index contributed by atoms with van der Waals surface area (Å²) in [7, 11) is -2.29. The first-order valence-electron chi connectivity index (χ1n) is 11.6. The van der Waals surface area contributed by atoms with Crippen LogP contribution in [0.25, 0.3) is 0 Å². The van der Waals surface area contributed by atoms with Gasteiger partial charge in [0.2, 0.25) is 15.9 Å². The lowest BCUT2D eigenvalue weighted by Crippen LogP contribution is -2.51. The fraction of sp³-hybridized carbons (Fsp3) is 0.292. The summed E-state index contributed by atoms with van der Waals surface area (Å²) in [6.07, 6.45) is 0.198. The minimum atomic E-state index is -4.24. The highest BCUT2D eigenvalue weighted by Gasteiger charge is 2.32. The molecule has 0 atom stereocenters. The summed E-state index contributed by atoms with van der Waals surface area (Å²) in [6.45, 7) is 1.30. The molecule has 200 valence electrons. The number of likely N-dealkylation sites (tertiary alicyclic amines) is 1. The van der Waals surface area contributed by atoms with Crippen molar-refractivity contribution in [3.63, 3.8) is 0 Å². The van der Waals surface area contributed by atoms with E-state index in [4.69, 9.17) is 10.5 Å². The fourth-order valence-corrected chi connectivity index (χ4v) is 5.94. The van der Waals surface area contributed by atoms with Gasteiger partial charge >= 0.3 is 0 Å². The third-order valence-corrected chi connectivity index (χ3v) is 8.26. The summed E-state index contributed by atoms with van der Waals surface area (Å²) in [5, 5.41) is 9.47. The van der Waals surface area contributed by atoms with Crippen molar-refractivity contribution < 1.29 is 31.5 Å². The maximum atomic E-state index is 13.7. The Bertz CT molecular complexity index is 1520. The normalized spacial score (nSPS) is 16.5. The Morgan fingerprint density at radius 3 is 2.50 bits per heavy atom. The number of ether oxygens (including phenoxy) is 1. The molecule has 2 aliphatic heterocycles. The second-order valence-electron chi connectivity index (χ2n) is 9.21. The van der Waals surface area contributed by atoms with Crippen molar-refractivity contribution in [2.75, 3.05) is 32.0 Å². The van der Waals surface area contributed by atoms with Gasteiger partial charge in [-0.15, -0.1) is 0 Å². The first-order valence-corrected chi connectivity index (χ1v) is 13.1. The maximum absolute atomic E-state index is 13.7. The molecule has 0 radical (unpaired) electrons. The zero-order valence-corrected chi connectivity index (χ0v) is 21.0. The monoisotopic (exact) mass is 546 g/mol. The number of amides is 2. The number of hydrogen-bond donors (Lipinski definition) is 3. The number of sulfonamides is 1. The van der Waals surface area contributed by atoms with Gasteiger partial charge in [-0.25, -0.2) is 17.2 Å². The smallest absolute Gasteiger partial charge is 0.257 e. The molecular weight excluding hydrogens is 522 g/mol. The summed E-state index contributed by atoms with van der Waals surface area (Å²) >= 11 is 0. The third-order valence-electron chi connectivity index (χ3n) is 6.44. The van der Waals surface area contributed by atoms with Crippen LogP contribution in [0.2, 0.25) is 0 Å². The molecule has 2 amide bonds. The lowest BCUT2D eigenvalue weighted by atomic mass is 10.0. The number of aromatic nitrogens is 2. The molecule has 0 unspecified atom stereocenters. The quantitative estimate of drug-likeness (QED) is 0.406. The van der Waals surface area contributed by atoms with E-state index in [1.165, 1.54) is 12.1 Å². The number of carbonyl (C=O) groups excluding carboxylic acids is 2. The average Bonchev–Trinajstić information content (AvgIpc) is 3.24. The Kier molecular flexibility index (Phi) is 6.63. The van der Waals surface area contributed by atoms with E-state index in [0.717, 1.165) is 29.5 Å². The van der Waals surface area contributed by atoms with Crippen molar-refractivity contribution in [3.8, 4) is 5.75 Å². The van der Waals surface area contributed by atoms with E-state index < -0.39 is 38.4 Å². The maximum Gasteiger partial charge on any atom is 0.257 e. The summed E-state index contributed by atoms with van der Waals surface area (Å²) in [5.74, 6) is -3.08. The molecule has 0 bridgehead atoms. The van der Waals surface area contributed by atoms with Crippen LogP contribution in [0.3, 0.4) is 0 Å². The molecule has 38 heavy (non-hydrogen) atoms. The number of likely N-dealkylation sites (N-methyl/N-ethyl adjacent to an activating group) is 1. The molecule has 0 saturated carbocycles. The Balaban J connectivity index is 1.36. The van der Waals surface area contributed by atoms with Gasteiger partial charge in [0.1, 0.15) is 23.5 Å². The number of anilines is 1. The van der Waals surface area contributed by atoms with Crippen LogP contribution in [0.1, 0.15) is 32.0 Å². The topological polar surface area (TPSA) is 151 Å².